The highest BCUT2D eigenvalue weighted by atomic mass is 16.5. The summed E-state index contributed by atoms with van der Waals surface area (Å²) in [6.45, 7) is 0.399. The molecule has 4 aromatic rings. The van der Waals surface area contributed by atoms with Gasteiger partial charge >= 0.3 is 0 Å². The quantitative estimate of drug-likeness (QED) is 0.504. The van der Waals surface area contributed by atoms with Gasteiger partial charge in [-0.3, -0.25) is 9.78 Å². The van der Waals surface area contributed by atoms with Gasteiger partial charge in [0, 0.05) is 29.9 Å². The summed E-state index contributed by atoms with van der Waals surface area (Å²) in [5.74, 6) is 1.31. The summed E-state index contributed by atoms with van der Waals surface area (Å²) in [5, 5.41) is 5.07. The summed E-state index contributed by atoms with van der Waals surface area (Å²) in [7, 11) is 3.25. The molecule has 0 aliphatic carbocycles. The van der Waals surface area contributed by atoms with Crippen molar-refractivity contribution in [2.24, 2.45) is 0 Å². The molecule has 4 rings (SSSR count). The van der Waals surface area contributed by atoms with Crippen LogP contribution in [0, 0.1) is 0 Å². The highest BCUT2D eigenvalue weighted by molar-refractivity contribution is 5.99. The molecule has 1 heterocycles. The first-order chi connectivity index (χ1) is 14.7. The van der Waals surface area contributed by atoms with Gasteiger partial charge in [-0.05, 0) is 58.5 Å². The van der Waals surface area contributed by atoms with Crippen molar-refractivity contribution in [3.63, 3.8) is 0 Å². The highest BCUT2D eigenvalue weighted by Crippen LogP contribution is 2.32. The standard InChI is InChI=1S/C25H22N2O3/c1-29-20-7-3-5-17(13-20)22-10-9-19(24-16-26-12-11-23(22)24)15-27-25(28)18-6-4-8-21(14-18)30-2/h3-14,16H,15H2,1-2H3,(H,27,28). The number of carbonyl (C=O) groups is 1. The number of nitrogens with zero attached hydrogens (tertiary/aromatic N) is 1. The monoisotopic (exact) mass is 398 g/mol. The fourth-order valence-corrected chi connectivity index (χ4v) is 3.49. The Morgan fingerprint density at radius 1 is 0.900 bits per heavy atom. The van der Waals surface area contributed by atoms with Crippen LogP contribution in [0.3, 0.4) is 0 Å². The first kappa shape index (κ1) is 19.5. The molecular formula is C25H22N2O3. The second kappa shape index (κ2) is 8.66. The molecule has 1 aromatic heterocycles. The van der Waals surface area contributed by atoms with E-state index in [9.17, 15) is 4.79 Å². The molecule has 5 heteroatoms. The fraction of sp³-hybridized carbons (Fsp3) is 0.120. The summed E-state index contributed by atoms with van der Waals surface area (Å²) in [6, 6.07) is 21.2. The second-order valence-electron chi connectivity index (χ2n) is 6.84. The van der Waals surface area contributed by atoms with Gasteiger partial charge in [-0.1, -0.05) is 30.3 Å². The van der Waals surface area contributed by atoms with E-state index in [0.29, 0.717) is 17.9 Å². The third-order valence-electron chi connectivity index (χ3n) is 5.06. The molecule has 0 radical (unpaired) electrons. The van der Waals surface area contributed by atoms with Gasteiger partial charge in [0.25, 0.3) is 5.91 Å². The van der Waals surface area contributed by atoms with Crippen molar-refractivity contribution in [1.29, 1.82) is 0 Å². The van der Waals surface area contributed by atoms with E-state index in [1.807, 2.05) is 42.6 Å². The second-order valence-corrected chi connectivity index (χ2v) is 6.84. The predicted molar refractivity (Wildman–Crippen MR) is 118 cm³/mol. The van der Waals surface area contributed by atoms with Gasteiger partial charge in [-0.15, -0.1) is 0 Å². The average Bonchev–Trinajstić information content (AvgIpc) is 2.82. The predicted octanol–water partition coefficient (Wildman–Crippen LogP) is 4.85. The summed E-state index contributed by atoms with van der Waals surface area (Å²) in [6.07, 6.45) is 3.62. The number of carbonyl (C=O) groups excluding carboxylic acids is 1. The molecule has 5 nitrogen and oxygen atoms in total. The van der Waals surface area contributed by atoms with E-state index >= 15 is 0 Å². The number of ether oxygens (including phenoxy) is 2. The minimum Gasteiger partial charge on any atom is -0.497 e. The van der Waals surface area contributed by atoms with Gasteiger partial charge in [-0.25, -0.2) is 0 Å². The van der Waals surface area contributed by atoms with Gasteiger partial charge < -0.3 is 14.8 Å². The summed E-state index contributed by atoms with van der Waals surface area (Å²) >= 11 is 0. The Labute approximate surface area is 175 Å². The zero-order chi connectivity index (χ0) is 20.9. The van der Waals surface area contributed by atoms with E-state index in [-0.39, 0.29) is 5.91 Å². The smallest absolute Gasteiger partial charge is 0.251 e. The maximum atomic E-state index is 12.6. The molecule has 150 valence electrons. The number of methoxy groups -OCH3 is 2. The van der Waals surface area contributed by atoms with E-state index in [2.05, 4.69) is 22.4 Å². The molecule has 0 saturated heterocycles. The van der Waals surface area contributed by atoms with Crippen molar-refractivity contribution in [2.75, 3.05) is 14.2 Å². The Bertz CT molecular complexity index is 1200. The van der Waals surface area contributed by atoms with Crippen LogP contribution in [0.2, 0.25) is 0 Å². The van der Waals surface area contributed by atoms with Crippen molar-refractivity contribution in [3.8, 4) is 22.6 Å². The van der Waals surface area contributed by atoms with Gasteiger partial charge in [0.1, 0.15) is 11.5 Å². The molecule has 0 atom stereocenters. The van der Waals surface area contributed by atoms with Crippen LogP contribution < -0.4 is 14.8 Å². The molecule has 30 heavy (non-hydrogen) atoms. The number of pyridine rings is 1. The molecule has 1 amide bonds. The highest BCUT2D eigenvalue weighted by Gasteiger charge is 2.11. The number of hydrogen-bond acceptors (Lipinski definition) is 4. The van der Waals surface area contributed by atoms with Gasteiger partial charge in [0.15, 0.2) is 0 Å². The minimum atomic E-state index is -0.150. The maximum absolute atomic E-state index is 12.6. The molecule has 0 unspecified atom stereocenters. The molecule has 0 bridgehead atoms. The van der Waals surface area contributed by atoms with Crippen LogP contribution in [0.5, 0.6) is 11.5 Å². The van der Waals surface area contributed by atoms with Crippen molar-refractivity contribution in [1.82, 2.24) is 10.3 Å². The van der Waals surface area contributed by atoms with Gasteiger partial charge in [0.2, 0.25) is 0 Å². The van der Waals surface area contributed by atoms with Gasteiger partial charge in [0.05, 0.1) is 14.2 Å². The molecule has 0 spiro atoms. The van der Waals surface area contributed by atoms with Crippen molar-refractivity contribution in [3.05, 3.63) is 90.3 Å². The topological polar surface area (TPSA) is 60.5 Å². The molecule has 1 N–H and O–H groups in total. The third kappa shape index (κ3) is 3.96. The lowest BCUT2D eigenvalue weighted by Crippen LogP contribution is -2.22. The van der Waals surface area contributed by atoms with Crippen LogP contribution in [0.25, 0.3) is 21.9 Å². The molecule has 0 saturated carbocycles. The lowest BCUT2D eigenvalue weighted by atomic mass is 9.96. The van der Waals surface area contributed by atoms with E-state index in [1.54, 1.807) is 38.6 Å². The normalized spacial score (nSPS) is 10.6. The van der Waals surface area contributed by atoms with E-state index in [4.69, 9.17) is 9.47 Å². The summed E-state index contributed by atoms with van der Waals surface area (Å²) in [4.78, 5) is 16.9. The molecular weight excluding hydrogens is 376 g/mol. The Morgan fingerprint density at radius 3 is 2.47 bits per heavy atom. The number of hydrogen-bond donors (Lipinski definition) is 1. The number of rotatable bonds is 6. The first-order valence-corrected chi connectivity index (χ1v) is 9.62. The van der Waals surface area contributed by atoms with Crippen LogP contribution in [-0.2, 0) is 6.54 Å². The third-order valence-corrected chi connectivity index (χ3v) is 5.06. The van der Waals surface area contributed by atoms with Gasteiger partial charge in [-0.2, -0.15) is 0 Å². The molecule has 3 aromatic carbocycles. The number of amides is 1. The van der Waals surface area contributed by atoms with Crippen LogP contribution >= 0.6 is 0 Å². The lowest BCUT2D eigenvalue weighted by molar-refractivity contribution is 0.0950. The summed E-state index contributed by atoms with van der Waals surface area (Å²) in [5.41, 5.74) is 3.72. The lowest BCUT2D eigenvalue weighted by Gasteiger charge is -2.13. The van der Waals surface area contributed by atoms with Crippen molar-refractivity contribution < 1.29 is 14.3 Å². The number of fused-ring (bicyclic) bond motifs is 1. The van der Waals surface area contributed by atoms with Crippen LogP contribution in [0.4, 0.5) is 0 Å². The molecule has 0 fully saturated rings. The van der Waals surface area contributed by atoms with E-state index < -0.39 is 0 Å². The van der Waals surface area contributed by atoms with Crippen LogP contribution in [-0.4, -0.2) is 25.1 Å². The SMILES string of the molecule is COc1cccc(C(=O)NCc2ccc(-c3cccc(OC)c3)c3ccncc23)c1. The Balaban J connectivity index is 1.63. The number of nitrogens with one attached hydrogen (secondary N) is 1. The summed E-state index contributed by atoms with van der Waals surface area (Å²) < 4.78 is 10.6. The van der Waals surface area contributed by atoms with Crippen LogP contribution in [0.15, 0.2) is 79.1 Å². The van der Waals surface area contributed by atoms with Crippen LogP contribution in [0.1, 0.15) is 15.9 Å². The molecule has 0 aliphatic heterocycles. The van der Waals surface area contributed by atoms with Crippen molar-refractivity contribution >= 4 is 16.7 Å². The minimum absolute atomic E-state index is 0.150. The first-order valence-electron chi connectivity index (χ1n) is 9.62. The Kier molecular flexibility index (Phi) is 5.61. The zero-order valence-electron chi connectivity index (χ0n) is 16.9. The Morgan fingerprint density at radius 2 is 1.67 bits per heavy atom. The fourth-order valence-electron chi connectivity index (χ4n) is 3.49. The van der Waals surface area contributed by atoms with E-state index in [0.717, 1.165) is 33.2 Å². The maximum Gasteiger partial charge on any atom is 0.251 e. The number of benzene rings is 3. The molecule has 0 aliphatic rings. The largest absolute Gasteiger partial charge is 0.497 e. The van der Waals surface area contributed by atoms with E-state index in [1.165, 1.54) is 0 Å². The zero-order valence-corrected chi connectivity index (χ0v) is 16.9. The van der Waals surface area contributed by atoms with Crippen molar-refractivity contribution in [2.45, 2.75) is 6.54 Å². The number of aromatic nitrogens is 1. The average molecular weight is 398 g/mol. The Hall–Kier alpha value is -3.86.